The first-order chi connectivity index (χ1) is 15.5. The smallest absolute Gasteiger partial charge is 0.336 e. The molecule has 2 atom stereocenters. The topological polar surface area (TPSA) is 81.8 Å². The van der Waals surface area contributed by atoms with Crippen LogP contribution in [0.25, 0.3) is 11.5 Å². The van der Waals surface area contributed by atoms with Crippen molar-refractivity contribution in [3.8, 4) is 11.5 Å². The minimum absolute atomic E-state index is 0.0522. The van der Waals surface area contributed by atoms with Crippen molar-refractivity contribution in [2.75, 3.05) is 0 Å². The van der Waals surface area contributed by atoms with Crippen molar-refractivity contribution in [3.05, 3.63) is 76.7 Å². The second-order valence-electron chi connectivity index (χ2n) is 8.46. The van der Waals surface area contributed by atoms with E-state index in [9.17, 15) is 9.90 Å². The molecule has 0 amide bonds. The van der Waals surface area contributed by atoms with E-state index in [1.54, 1.807) is 6.26 Å². The van der Waals surface area contributed by atoms with Gasteiger partial charge in [0.05, 0.1) is 31.0 Å². The number of oxazole rings is 1. The zero-order valence-electron chi connectivity index (χ0n) is 18.5. The number of aromatic nitrogens is 1. The standard InChI is InChI=1S/C26H29NO5/c1-17-9-11-19(12-10-17)25-27-21(16-32-25)15-31-23-8-4-7-22(13-23)30-14-20-6-3-5-18(2)24(20)26(28)29/h3,5-6,9-12,16,22-23H,4,7-8,13-15H2,1-2H3,(H,28,29)/t22-,23-/m1/s1. The molecule has 0 aliphatic heterocycles. The first-order valence-electron chi connectivity index (χ1n) is 11.1. The molecule has 0 saturated heterocycles. The molecule has 1 aliphatic carbocycles. The summed E-state index contributed by atoms with van der Waals surface area (Å²) in [6.07, 6.45) is 5.53. The summed E-state index contributed by atoms with van der Waals surface area (Å²) in [5, 5.41) is 9.50. The van der Waals surface area contributed by atoms with Gasteiger partial charge in [0.25, 0.3) is 0 Å². The first kappa shape index (κ1) is 22.2. The van der Waals surface area contributed by atoms with Crippen LogP contribution in [0, 0.1) is 13.8 Å². The number of benzene rings is 2. The van der Waals surface area contributed by atoms with E-state index in [1.807, 2.05) is 56.3 Å². The van der Waals surface area contributed by atoms with Crippen molar-refractivity contribution in [2.24, 2.45) is 0 Å². The molecule has 168 valence electrons. The van der Waals surface area contributed by atoms with Crippen LogP contribution in [0.5, 0.6) is 0 Å². The number of ether oxygens (including phenoxy) is 2. The summed E-state index contributed by atoms with van der Waals surface area (Å²) in [4.78, 5) is 16.1. The van der Waals surface area contributed by atoms with Crippen LogP contribution in [-0.4, -0.2) is 28.3 Å². The normalized spacial score (nSPS) is 18.6. The molecular weight excluding hydrogens is 406 g/mol. The van der Waals surface area contributed by atoms with Crippen molar-refractivity contribution < 1.29 is 23.8 Å². The Hall–Kier alpha value is -2.96. The van der Waals surface area contributed by atoms with Gasteiger partial charge in [0.1, 0.15) is 12.0 Å². The predicted octanol–water partition coefficient (Wildman–Crippen LogP) is 5.70. The Bertz CT molecular complexity index is 1060. The molecule has 32 heavy (non-hydrogen) atoms. The summed E-state index contributed by atoms with van der Waals surface area (Å²) >= 11 is 0. The van der Waals surface area contributed by atoms with Crippen LogP contribution in [0.2, 0.25) is 0 Å². The summed E-state index contributed by atoms with van der Waals surface area (Å²) in [6.45, 7) is 4.55. The Morgan fingerprint density at radius 1 is 1.06 bits per heavy atom. The Labute approximate surface area is 188 Å². The third-order valence-corrected chi connectivity index (χ3v) is 5.94. The van der Waals surface area contributed by atoms with Crippen LogP contribution in [-0.2, 0) is 22.7 Å². The van der Waals surface area contributed by atoms with Gasteiger partial charge in [-0.05, 0) is 62.8 Å². The fraction of sp³-hybridized carbons (Fsp3) is 0.385. The van der Waals surface area contributed by atoms with Gasteiger partial charge in [-0.3, -0.25) is 0 Å². The van der Waals surface area contributed by atoms with E-state index in [0.29, 0.717) is 30.2 Å². The van der Waals surface area contributed by atoms with Gasteiger partial charge in [-0.1, -0.05) is 35.9 Å². The quantitative estimate of drug-likeness (QED) is 0.489. The Morgan fingerprint density at radius 3 is 2.50 bits per heavy atom. The molecule has 1 N–H and O–H groups in total. The average molecular weight is 436 g/mol. The monoisotopic (exact) mass is 435 g/mol. The molecule has 1 aliphatic rings. The molecule has 2 aromatic carbocycles. The van der Waals surface area contributed by atoms with Crippen molar-refractivity contribution in [1.82, 2.24) is 4.98 Å². The number of carbonyl (C=O) groups is 1. The third kappa shape index (κ3) is 5.44. The summed E-state index contributed by atoms with van der Waals surface area (Å²) in [6, 6.07) is 13.6. The third-order valence-electron chi connectivity index (χ3n) is 5.94. The number of aromatic carboxylic acids is 1. The van der Waals surface area contributed by atoms with Gasteiger partial charge >= 0.3 is 5.97 Å². The number of hydrogen-bond donors (Lipinski definition) is 1. The maximum Gasteiger partial charge on any atom is 0.336 e. The summed E-state index contributed by atoms with van der Waals surface area (Å²) in [7, 11) is 0. The van der Waals surface area contributed by atoms with E-state index in [0.717, 1.165) is 42.5 Å². The lowest BCUT2D eigenvalue weighted by Gasteiger charge is -2.29. The van der Waals surface area contributed by atoms with E-state index in [4.69, 9.17) is 13.9 Å². The van der Waals surface area contributed by atoms with Gasteiger partial charge in [0.15, 0.2) is 0 Å². The highest BCUT2D eigenvalue weighted by Gasteiger charge is 2.24. The summed E-state index contributed by atoms with van der Waals surface area (Å²) in [5.74, 6) is -0.315. The van der Waals surface area contributed by atoms with Gasteiger partial charge in [-0.15, -0.1) is 0 Å². The number of rotatable bonds is 8. The highest BCUT2D eigenvalue weighted by atomic mass is 16.5. The number of aryl methyl sites for hydroxylation is 2. The average Bonchev–Trinajstić information content (AvgIpc) is 3.26. The Balaban J connectivity index is 1.29. The molecule has 1 aromatic heterocycles. The van der Waals surface area contributed by atoms with E-state index >= 15 is 0 Å². The highest BCUT2D eigenvalue weighted by Crippen LogP contribution is 2.27. The van der Waals surface area contributed by atoms with Crippen LogP contribution >= 0.6 is 0 Å². The van der Waals surface area contributed by atoms with Crippen molar-refractivity contribution in [2.45, 2.75) is 65.0 Å². The molecule has 1 fully saturated rings. The Morgan fingerprint density at radius 2 is 1.78 bits per heavy atom. The Kier molecular flexibility index (Phi) is 7.02. The van der Waals surface area contributed by atoms with Crippen molar-refractivity contribution in [3.63, 3.8) is 0 Å². The number of hydrogen-bond acceptors (Lipinski definition) is 5. The summed E-state index contributed by atoms with van der Waals surface area (Å²) < 4.78 is 17.8. The van der Waals surface area contributed by atoms with Crippen LogP contribution in [0.3, 0.4) is 0 Å². The SMILES string of the molecule is Cc1ccc(-c2nc(CO[C@@H]3CCC[C@@H](OCc4cccc(C)c4C(=O)O)C3)co2)cc1. The minimum atomic E-state index is -0.913. The van der Waals surface area contributed by atoms with Crippen molar-refractivity contribution >= 4 is 5.97 Å². The van der Waals surface area contributed by atoms with E-state index in [2.05, 4.69) is 4.98 Å². The van der Waals surface area contributed by atoms with Crippen LogP contribution in [0.4, 0.5) is 0 Å². The molecule has 0 spiro atoms. The van der Waals surface area contributed by atoms with Gasteiger partial charge in [0, 0.05) is 5.56 Å². The van der Waals surface area contributed by atoms with E-state index in [1.165, 1.54) is 5.56 Å². The van der Waals surface area contributed by atoms with Gasteiger partial charge < -0.3 is 19.0 Å². The fourth-order valence-corrected chi connectivity index (χ4v) is 4.17. The molecule has 3 aromatic rings. The van der Waals surface area contributed by atoms with E-state index < -0.39 is 5.97 Å². The minimum Gasteiger partial charge on any atom is -0.478 e. The number of nitrogens with zero attached hydrogens (tertiary/aromatic N) is 1. The molecule has 0 unspecified atom stereocenters. The first-order valence-corrected chi connectivity index (χ1v) is 11.1. The number of carboxylic acid groups (broad SMARTS) is 1. The molecule has 0 bridgehead atoms. The second kappa shape index (κ2) is 10.1. The van der Waals surface area contributed by atoms with Gasteiger partial charge in [-0.25, -0.2) is 9.78 Å². The molecule has 6 heteroatoms. The second-order valence-corrected chi connectivity index (χ2v) is 8.46. The molecule has 6 nitrogen and oxygen atoms in total. The molecule has 4 rings (SSSR count). The molecular formula is C26H29NO5. The van der Waals surface area contributed by atoms with Crippen LogP contribution in [0.15, 0.2) is 53.1 Å². The summed E-state index contributed by atoms with van der Waals surface area (Å²) in [5.41, 5.74) is 4.72. The van der Waals surface area contributed by atoms with E-state index in [-0.39, 0.29) is 12.2 Å². The van der Waals surface area contributed by atoms with Crippen LogP contribution in [0.1, 0.15) is 58.4 Å². The molecule has 0 radical (unpaired) electrons. The maximum atomic E-state index is 11.6. The molecule has 1 heterocycles. The maximum absolute atomic E-state index is 11.6. The fourth-order valence-electron chi connectivity index (χ4n) is 4.17. The predicted molar refractivity (Wildman–Crippen MR) is 120 cm³/mol. The lowest BCUT2D eigenvalue weighted by Crippen LogP contribution is -2.28. The zero-order chi connectivity index (χ0) is 22.5. The van der Waals surface area contributed by atoms with Gasteiger partial charge in [-0.2, -0.15) is 0 Å². The lowest BCUT2D eigenvalue weighted by atomic mass is 9.94. The highest BCUT2D eigenvalue weighted by molar-refractivity contribution is 5.91. The van der Waals surface area contributed by atoms with Crippen molar-refractivity contribution in [1.29, 1.82) is 0 Å². The largest absolute Gasteiger partial charge is 0.478 e. The molecule has 1 saturated carbocycles. The number of carboxylic acids is 1. The van der Waals surface area contributed by atoms with Crippen LogP contribution < -0.4 is 0 Å². The lowest BCUT2D eigenvalue weighted by molar-refractivity contribution is -0.0563. The zero-order valence-corrected chi connectivity index (χ0v) is 18.5. The van der Waals surface area contributed by atoms with Gasteiger partial charge in [0.2, 0.25) is 5.89 Å².